The smallest absolute Gasteiger partial charge is 0.407 e. The molecule has 1 amide bonds. The van der Waals surface area contributed by atoms with E-state index in [-0.39, 0.29) is 18.0 Å². The second-order valence-electron chi connectivity index (χ2n) is 12.5. The molecular weight excluding hydrogens is 514 g/mol. The van der Waals surface area contributed by atoms with Crippen LogP contribution in [0.3, 0.4) is 0 Å². The molecule has 2 aromatic rings. The normalized spacial score (nSPS) is 19.1. The van der Waals surface area contributed by atoms with Gasteiger partial charge in [0, 0.05) is 30.5 Å². The van der Waals surface area contributed by atoms with E-state index in [1.54, 1.807) is 20.8 Å². The number of alkyl carbamates (subject to hydrolysis) is 1. The van der Waals surface area contributed by atoms with E-state index in [1.807, 2.05) is 0 Å². The zero-order chi connectivity index (χ0) is 29.0. The van der Waals surface area contributed by atoms with Gasteiger partial charge in [0.15, 0.2) is 5.79 Å². The number of carbonyl (C=O) groups excluding carboxylic acids is 1. The first-order valence-corrected chi connectivity index (χ1v) is 14.4. The first-order valence-electron chi connectivity index (χ1n) is 14.4. The van der Waals surface area contributed by atoms with Crippen LogP contribution in [-0.2, 0) is 26.2 Å². The number of ether oxygens (including phenoxy) is 3. The van der Waals surface area contributed by atoms with Crippen molar-refractivity contribution in [2.24, 2.45) is 0 Å². The van der Waals surface area contributed by atoms with Gasteiger partial charge < -0.3 is 24.8 Å². The van der Waals surface area contributed by atoms with Crippen LogP contribution in [0.25, 0.3) is 0 Å². The summed E-state index contributed by atoms with van der Waals surface area (Å²) in [6.07, 6.45) is 3.52. The highest BCUT2D eigenvalue weighted by molar-refractivity contribution is 5.68. The van der Waals surface area contributed by atoms with Gasteiger partial charge in [0.1, 0.15) is 17.2 Å². The Balaban J connectivity index is 1.52. The molecule has 2 aliphatic rings. The summed E-state index contributed by atoms with van der Waals surface area (Å²) in [4.78, 5) is 12.7. The van der Waals surface area contributed by atoms with Crippen molar-refractivity contribution in [2.75, 3.05) is 19.8 Å². The highest BCUT2D eigenvalue weighted by Gasteiger charge is 2.47. The van der Waals surface area contributed by atoms with Crippen LogP contribution < -0.4 is 10.6 Å². The maximum Gasteiger partial charge on any atom is 0.407 e. The van der Waals surface area contributed by atoms with E-state index < -0.39 is 29.1 Å². The van der Waals surface area contributed by atoms with Crippen molar-refractivity contribution in [3.05, 3.63) is 70.8 Å². The molecule has 4 rings (SSSR count). The number of nitrogens with one attached hydrogen (secondary N) is 2. The SMILES string of the molecule is CC(C)c1cccc(C2(NCC[C@H](Cc3cc(F)cc(F)c3)NC(=O)OC(C)(C)C)CCC3(CC2)OCCO3)c1. The van der Waals surface area contributed by atoms with Crippen LogP contribution in [0.1, 0.15) is 89.3 Å². The summed E-state index contributed by atoms with van der Waals surface area (Å²) < 4.78 is 45.4. The summed E-state index contributed by atoms with van der Waals surface area (Å²) in [5.41, 5.74) is 2.05. The Morgan fingerprint density at radius 3 is 2.25 bits per heavy atom. The van der Waals surface area contributed by atoms with Gasteiger partial charge >= 0.3 is 6.09 Å². The zero-order valence-corrected chi connectivity index (χ0v) is 24.4. The first-order chi connectivity index (χ1) is 18.9. The van der Waals surface area contributed by atoms with Crippen molar-refractivity contribution in [3.63, 3.8) is 0 Å². The minimum Gasteiger partial charge on any atom is -0.444 e. The third-order valence-electron chi connectivity index (χ3n) is 7.87. The largest absolute Gasteiger partial charge is 0.444 e. The van der Waals surface area contributed by atoms with Gasteiger partial charge in [-0.25, -0.2) is 13.6 Å². The third-order valence-corrected chi connectivity index (χ3v) is 7.87. The predicted molar refractivity (Wildman–Crippen MR) is 151 cm³/mol. The average Bonchev–Trinajstić information content (AvgIpc) is 3.32. The Kier molecular flexibility index (Phi) is 9.53. The zero-order valence-electron chi connectivity index (χ0n) is 24.4. The minimum atomic E-state index is -0.661. The molecule has 0 bridgehead atoms. The third kappa shape index (κ3) is 8.02. The van der Waals surface area contributed by atoms with Gasteiger partial charge in [0.05, 0.1) is 13.2 Å². The average molecular weight is 559 g/mol. The maximum atomic E-state index is 13.9. The van der Waals surface area contributed by atoms with E-state index >= 15 is 0 Å². The van der Waals surface area contributed by atoms with E-state index in [1.165, 1.54) is 23.3 Å². The molecule has 2 aromatic carbocycles. The highest BCUT2D eigenvalue weighted by atomic mass is 19.1. The highest BCUT2D eigenvalue weighted by Crippen LogP contribution is 2.45. The number of carbonyl (C=O) groups is 1. The van der Waals surface area contributed by atoms with E-state index in [4.69, 9.17) is 14.2 Å². The fourth-order valence-electron chi connectivity index (χ4n) is 5.80. The molecule has 0 aromatic heterocycles. The number of rotatable bonds is 9. The molecule has 1 atom stereocenters. The van der Waals surface area contributed by atoms with Gasteiger partial charge in [0.25, 0.3) is 0 Å². The fourth-order valence-corrected chi connectivity index (χ4v) is 5.80. The van der Waals surface area contributed by atoms with Crippen molar-refractivity contribution >= 4 is 6.09 Å². The molecule has 220 valence electrons. The Bertz CT molecular complexity index is 1130. The molecule has 1 aliphatic heterocycles. The molecule has 40 heavy (non-hydrogen) atoms. The first kappa shape index (κ1) is 30.4. The molecule has 1 saturated heterocycles. The lowest BCUT2D eigenvalue weighted by atomic mass is 9.73. The summed E-state index contributed by atoms with van der Waals surface area (Å²) in [5.74, 6) is -1.37. The Morgan fingerprint density at radius 2 is 1.65 bits per heavy atom. The van der Waals surface area contributed by atoms with Crippen molar-refractivity contribution < 1.29 is 27.8 Å². The van der Waals surface area contributed by atoms with Crippen LogP contribution in [-0.4, -0.2) is 43.3 Å². The molecular formula is C32H44F2N2O4. The van der Waals surface area contributed by atoms with Crippen LogP contribution >= 0.6 is 0 Å². The van der Waals surface area contributed by atoms with Crippen LogP contribution in [0.15, 0.2) is 42.5 Å². The maximum absolute atomic E-state index is 13.9. The quantitative estimate of drug-likeness (QED) is 0.358. The number of benzene rings is 2. The van der Waals surface area contributed by atoms with Gasteiger partial charge in [0.2, 0.25) is 0 Å². The monoisotopic (exact) mass is 558 g/mol. The van der Waals surface area contributed by atoms with Crippen molar-refractivity contribution in [2.45, 2.75) is 102 Å². The summed E-state index contributed by atoms with van der Waals surface area (Å²) >= 11 is 0. The van der Waals surface area contributed by atoms with Crippen LogP contribution in [0.5, 0.6) is 0 Å². The van der Waals surface area contributed by atoms with Gasteiger partial charge in [-0.3, -0.25) is 0 Å². The number of hydrogen-bond donors (Lipinski definition) is 2. The van der Waals surface area contributed by atoms with E-state index in [2.05, 4.69) is 48.7 Å². The summed E-state index contributed by atoms with van der Waals surface area (Å²) in [5, 5.41) is 6.76. The molecule has 8 heteroatoms. The fraction of sp³-hybridized carbons (Fsp3) is 0.594. The van der Waals surface area contributed by atoms with Crippen LogP contribution in [0, 0.1) is 11.6 Å². The van der Waals surface area contributed by atoms with Gasteiger partial charge in [-0.1, -0.05) is 38.1 Å². The summed E-state index contributed by atoms with van der Waals surface area (Å²) in [7, 11) is 0. The van der Waals surface area contributed by atoms with E-state index in [9.17, 15) is 13.6 Å². The Morgan fingerprint density at radius 1 is 1.00 bits per heavy atom. The molecule has 0 unspecified atom stereocenters. The summed E-state index contributed by atoms with van der Waals surface area (Å²) in [6, 6.07) is 11.8. The van der Waals surface area contributed by atoms with Gasteiger partial charge in [-0.05, 0) is 87.7 Å². The van der Waals surface area contributed by atoms with Crippen LogP contribution in [0.2, 0.25) is 0 Å². The Labute approximate surface area is 237 Å². The molecule has 6 nitrogen and oxygen atoms in total. The molecule has 2 N–H and O–H groups in total. The topological polar surface area (TPSA) is 68.8 Å². The molecule has 1 saturated carbocycles. The van der Waals surface area contributed by atoms with Crippen molar-refractivity contribution in [1.82, 2.24) is 10.6 Å². The number of hydrogen-bond acceptors (Lipinski definition) is 5. The molecule has 0 radical (unpaired) electrons. The minimum absolute atomic E-state index is 0.274. The second-order valence-corrected chi connectivity index (χ2v) is 12.5. The number of halogens is 2. The van der Waals surface area contributed by atoms with E-state index in [0.29, 0.717) is 37.7 Å². The lowest BCUT2D eigenvalue weighted by Crippen LogP contribution is -2.51. The predicted octanol–water partition coefficient (Wildman–Crippen LogP) is 6.72. The van der Waals surface area contributed by atoms with Crippen molar-refractivity contribution in [3.8, 4) is 0 Å². The second kappa shape index (κ2) is 12.5. The lowest BCUT2D eigenvalue weighted by molar-refractivity contribution is -0.187. The van der Waals surface area contributed by atoms with Gasteiger partial charge in [-0.2, -0.15) is 0 Å². The molecule has 1 aliphatic carbocycles. The van der Waals surface area contributed by atoms with Crippen LogP contribution in [0.4, 0.5) is 13.6 Å². The molecule has 1 heterocycles. The lowest BCUT2D eigenvalue weighted by Gasteiger charge is -2.45. The molecule has 1 spiro atoms. The Hall–Kier alpha value is -2.55. The molecule has 2 fully saturated rings. The standard InChI is InChI=1S/C32H44F2N2O4/c1-22(2)24-7-6-8-25(20-24)31(10-12-32(13-11-31)38-15-16-39-32)35-14-9-28(36-29(37)40-30(3,4)5)19-23-17-26(33)21-27(34)18-23/h6-8,17-18,20-22,28,35H,9-16,19H2,1-5H3,(H,36,37)/t28-/m1/s1. The van der Waals surface area contributed by atoms with Gasteiger partial charge in [-0.15, -0.1) is 0 Å². The van der Waals surface area contributed by atoms with E-state index in [0.717, 1.165) is 31.7 Å². The number of amides is 1. The summed E-state index contributed by atoms with van der Waals surface area (Å²) in [6.45, 7) is 11.6. The van der Waals surface area contributed by atoms with Crippen molar-refractivity contribution in [1.29, 1.82) is 0 Å².